The van der Waals surface area contributed by atoms with Gasteiger partial charge in [-0.1, -0.05) is 30.3 Å². The molecule has 3 aromatic rings. The quantitative estimate of drug-likeness (QED) is 0.421. The number of aryl methyl sites for hydroxylation is 2. The summed E-state index contributed by atoms with van der Waals surface area (Å²) in [6.45, 7) is 0.0630. The fraction of sp³-hybridized carbons (Fsp3) is 0.348. The highest BCUT2D eigenvalue weighted by molar-refractivity contribution is 7.84. The van der Waals surface area contributed by atoms with Crippen LogP contribution >= 0.6 is 11.3 Å². The molecular formula is C23H26N4O4S2. The predicted molar refractivity (Wildman–Crippen MR) is 127 cm³/mol. The Morgan fingerprint density at radius 3 is 2.76 bits per heavy atom. The molecule has 8 nitrogen and oxygen atoms in total. The third-order valence-electron chi connectivity index (χ3n) is 5.73. The summed E-state index contributed by atoms with van der Waals surface area (Å²) in [5.41, 5.74) is 2.83. The van der Waals surface area contributed by atoms with Gasteiger partial charge in [0.25, 0.3) is 0 Å². The maximum atomic E-state index is 13.2. The van der Waals surface area contributed by atoms with Crippen LogP contribution in [0.25, 0.3) is 0 Å². The van der Waals surface area contributed by atoms with Crippen LogP contribution in [0.5, 0.6) is 0 Å². The van der Waals surface area contributed by atoms with Gasteiger partial charge in [0.15, 0.2) is 0 Å². The van der Waals surface area contributed by atoms with Crippen molar-refractivity contribution in [2.75, 3.05) is 11.9 Å². The molecule has 2 heterocycles. The zero-order chi connectivity index (χ0) is 23.3. The van der Waals surface area contributed by atoms with Crippen molar-refractivity contribution in [1.29, 1.82) is 0 Å². The van der Waals surface area contributed by atoms with Crippen LogP contribution in [-0.4, -0.2) is 36.8 Å². The van der Waals surface area contributed by atoms with Crippen LogP contribution in [0.4, 0.5) is 5.82 Å². The number of anilines is 1. The fourth-order valence-corrected chi connectivity index (χ4v) is 5.33. The lowest BCUT2D eigenvalue weighted by molar-refractivity contribution is 0.104. The molecule has 10 heteroatoms. The Bertz CT molecular complexity index is 1200. The summed E-state index contributed by atoms with van der Waals surface area (Å²) in [6.07, 6.45) is 7.07. The van der Waals surface area contributed by atoms with Crippen LogP contribution in [0, 0.1) is 5.92 Å². The molecule has 1 aliphatic carbocycles. The van der Waals surface area contributed by atoms with Gasteiger partial charge in [0.1, 0.15) is 12.1 Å². The Morgan fingerprint density at radius 2 is 1.97 bits per heavy atom. The molecule has 0 bridgehead atoms. The van der Waals surface area contributed by atoms with Gasteiger partial charge >= 0.3 is 10.3 Å². The van der Waals surface area contributed by atoms with Crippen LogP contribution in [0.2, 0.25) is 0 Å². The first-order chi connectivity index (χ1) is 15.9. The van der Waals surface area contributed by atoms with Gasteiger partial charge in [-0.15, -0.1) is 11.3 Å². The number of nitrogens with one attached hydrogen (secondary N) is 1. The summed E-state index contributed by atoms with van der Waals surface area (Å²) in [4.78, 5) is 22.2. The fourth-order valence-electron chi connectivity index (χ4n) is 4.04. The van der Waals surface area contributed by atoms with E-state index in [9.17, 15) is 13.2 Å². The van der Waals surface area contributed by atoms with Gasteiger partial charge < -0.3 is 5.32 Å². The maximum Gasteiger partial charge on any atom is 0.333 e. The second-order valence-corrected chi connectivity index (χ2v) is 10.3. The minimum Gasteiger partial charge on any atom is -0.367 e. The highest BCUT2D eigenvalue weighted by atomic mass is 32.2. The second-order valence-electron chi connectivity index (χ2n) is 8.22. The van der Waals surface area contributed by atoms with Gasteiger partial charge in [-0.2, -0.15) is 8.42 Å². The number of aromatic nitrogens is 2. The summed E-state index contributed by atoms with van der Waals surface area (Å²) in [6, 6.07) is 12.3. The lowest BCUT2D eigenvalue weighted by atomic mass is 10.1. The molecule has 0 spiro atoms. The van der Waals surface area contributed by atoms with E-state index in [2.05, 4.69) is 27.4 Å². The number of carbonyl (C=O) groups excluding carboxylic acids is 1. The molecule has 2 atom stereocenters. The molecular weight excluding hydrogens is 460 g/mol. The molecule has 0 aliphatic heterocycles. The molecule has 0 saturated heterocycles. The summed E-state index contributed by atoms with van der Waals surface area (Å²) in [7, 11) is -3.94. The Kier molecular flexibility index (Phi) is 7.49. The Balaban J connectivity index is 1.38. The number of carbonyl (C=O) groups is 1. The molecule has 1 fully saturated rings. The first-order valence-electron chi connectivity index (χ1n) is 10.8. The van der Waals surface area contributed by atoms with Gasteiger partial charge in [0.2, 0.25) is 5.78 Å². The van der Waals surface area contributed by atoms with Crippen LogP contribution < -0.4 is 10.5 Å². The number of nitrogens with two attached hydrogens (primary N) is 1. The predicted octanol–water partition coefficient (Wildman–Crippen LogP) is 3.36. The number of benzene rings is 1. The van der Waals surface area contributed by atoms with Crippen molar-refractivity contribution in [2.24, 2.45) is 11.1 Å². The van der Waals surface area contributed by atoms with Crippen LogP contribution in [0.15, 0.2) is 54.3 Å². The number of ketones is 1. The van der Waals surface area contributed by atoms with Crippen LogP contribution in [0.1, 0.15) is 45.6 Å². The zero-order valence-electron chi connectivity index (χ0n) is 18.0. The molecule has 1 aliphatic rings. The summed E-state index contributed by atoms with van der Waals surface area (Å²) in [5, 5.41) is 10.3. The van der Waals surface area contributed by atoms with E-state index in [1.807, 2.05) is 29.6 Å². The molecule has 0 radical (unpaired) electrons. The molecule has 33 heavy (non-hydrogen) atoms. The van der Waals surface area contributed by atoms with Gasteiger partial charge in [0, 0.05) is 12.2 Å². The average molecular weight is 487 g/mol. The first kappa shape index (κ1) is 23.5. The summed E-state index contributed by atoms with van der Waals surface area (Å²) < 4.78 is 26.8. The summed E-state index contributed by atoms with van der Waals surface area (Å²) >= 11 is 1.43. The van der Waals surface area contributed by atoms with Crippen molar-refractivity contribution < 1.29 is 17.4 Å². The topological polar surface area (TPSA) is 124 Å². The number of hydrogen-bond donors (Lipinski definition) is 2. The van der Waals surface area contributed by atoms with E-state index >= 15 is 0 Å². The number of rotatable bonds is 10. The van der Waals surface area contributed by atoms with Crippen LogP contribution in [0.3, 0.4) is 0 Å². The van der Waals surface area contributed by atoms with Crippen molar-refractivity contribution in [2.45, 2.75) is 38.1 Å². The third-order valence-corrected chi connectivity index (χ3v) is 7.17. The van der Waals surface area contributed by atoms with E-state index < -0.39 is 10.3 Å². The van der Waals surface area contributed by atoms with Crippen molar-refractivity contribution in [3.63, 3.8) is 0 Å². The van der Waals surface area contributed by atoms with E-state index in [-0.39, 0.29) is 24.3 Å². The van der Waals surface area contributed by atoms with E-state index in [1.165, 1.54) is 29.4 Å². The monoisotopic (exact) mass is 486 g/mol. The standard InChI is InChI=1S/C23H26N4O4S2/c24-33(29,30)31-13-17-8-9-19(10-17)27-23-20(12-25-15-26-23)22(28)21-11-18(14-32-21)7-6-16-4-2-1-3-5-16/h1-5,11-12,14-15,17,19H,6-10,13H2,(H2,24,29,30)(H,25,26,27)/t17-,19?/m1/s1. The molecule has 1 unspecified atom stereocenters. The highest BCUT2D eigenvalue weighted by Crippen LogP contribution is 2.30. The van der Waals surface area contributed by atoms with Crippen molar-refractivity contribution >= 4 is 33.2 Å². The smallest absolute Gasteiger partial charge is 0.333 e. The number of thiophene rings is 1. The normalized spacial score (nSPS) is 18.3. The Labute approximate surface area is 197 Å². The van der Waals surface area contributed by atoms with Gasteiger partial charge in [0.05, 0.1) is 17.0 Å². The lowest BCUT2D eigenvalue weighted by Crippen LogP contribution is -2.22. The minimum absolute atomic E-state index is 0.0605. The Morgan fingerprint density at radius 1 is 1.18 bits per heavy atom. The Hall–Kier alpha value is -2.66. The van der Waals surface area contributed by atoms with Crippen molar-refractivity contribution in [3.05, 3.63) is 75.9 Å². The van der Waals surface area contributed by atoms with Gasteiger partial charge in [-0.25, -0.2) is 15.1 Å². The lowest BCUT2D eigenvalue weighted by Gasteiger charge is -2.15. The first-order valence-corrected chi connectivity index (χ1v) is 13.1. The third kappa shape index (κ3) is 6.67. The minimum atomic E-state index is -3.94. The van der Waals surface area contributed by atoms with E-state index in [0.29, 0.717) is 22.7 Å². The van der Waals surface area contributed by atoms with Crippen molar-refractivity contribution in [3.8, 4) is 0 Å². The zero-order valence-corrected chi connectivity index (χ0v) is 19.6. The van der Waals surface area contributed by atoms with Gasteiger partial charge in [-0.05, 0) is 60.6 Å². The number of hydrogen-bond acceptors (Lipinski definition) is 8. The maximum absolute atomic E-state index is 13.2. The van der Waals surface area contributed by atoms with E-state index in [0.717, 1.165) is 31.2 Å². The van der Waals surface area contributed by atoms with E-state index in [1.54, 1.807) is 0 Å². The molecule has 0 amide bonds. The molecule has 4 rings (SSSR count). The molecule has 174 valence electrons. The second kappa shape index (κ2) is 10.5. The van der Waals surface area contributed by atoms with Crippen LogP contribution in [-0.2, 0) is 27.3 Å². The van der Waals surface area contributed by atoms with E-state index in [4.69, 9.17) is 9.32 Å². The molecule has 2 aromatic heterocycles. The summed E-state index contributed by atoms with van der Waals surface area (Å²) in [5.74, 6) is 0.458. The number of nitrogens with zero attached hydrogens (tertiary/aromatic N) is 2. The largest absolute Gasteiger partial charge is 0.367 e. The molecule has 3 N–H and O–H groups in total. The average Bonchev–Trinajstić information content (AvgIpc) is 3.46. The molecule has 1 aromatic carbocycles. The molecule has 1 saturated carbocycles. The van der Waals surface area contributed by atoms with Gasteiger partial charge in [-0.3, -0.25) is 8.98 Å². The SMILES string of the molecule is NS(=O)(=O)OC[C@@H]1CCC(Nc2ncncc2C(=O)c2cc(CCc3ccccc3)cs2)C1. The van der Waals surface area contributed by atoms with Crippen molar-refractivity contribution in [1.82, 2.24) is 9.97 Å². The highest BCUT2D eigenvalue weighted by Gasteiger charge is 2.27.